The molecule has 0 amide bonds. The molecule has 0 radical (unpaired) electrons. The standard InChI is InChI=1S/C13H11N3O9S2/c14-8-4-12(27(23,24)25)9(5-11(8)26(20,21)22)16-15-6-1-2-10(17)7(3-6)13(18)19/h1-5,17H,14H2,(H,18,19)(H,20,21,22)(H,23,24,25). The van der Waals surface area contributed by atoms with E-state index in [0.717, 1.165) is 18.2 Å². The Labute approximate surface area is 152 Å². The van der Waals surface area contributed by atoms with Crippen molar-refractivity contribution in [3.8, 4) is 5.75 Å². The molecule has 2 aromatic carbocycles. The van der Waals surface area contributed by atoms with Gasteiger partial charge in [-0.1, -0.05) is 0 Å². The van der Waals surface area contributed by atoms with Crippen LogP contribution in [0.3, 0.4) is 0 Å². The van der Waals surface area contributed by atoms with Gasteiger partial charge in [0.2, 0.25) is 0 Å². The number of carboxylic acids is 1. The third kappa shape index (κ3) is 4.56. The van der Waals surface area contributed by atoms with Crippen molar-refractivity contribution in [1.82, 2.24) is 0 Å². The molecular formula is C13H11N3O9S2. The number of nitrogens with zero attached hydrogens (tertiary/aromatic N) is 2. The average Bonchev–Trinajstić information content (AvgIpc) is 2.52. The smallest absolute Gasteiger partial charge is 0.339 e. The molecule has 0 unspecified atom stereocenters. The maximum atomic E-state index is 11.4. The summed E-state index contributed by atoms with van der Waals surface area (Å²) in [6.07, 6.45) is 0. The fraction of sp³-hybridized carbons (Fsp3) is 0. The first-order valence-electron chi connectivity index (χ1n) is 6.67. The second-order valence-corrected chi connectivity index (χ2v) is 7.79. The zero-order valence-electron chi connectivity index (χ0n) is 13.0. The Kier molecular flexibility index (Phi) is 5.19. The van der Waals surface area contributed by atoms with Gasteiger partial charge in [0.05, 0.1) is 11.4 Å². The molecule has 27 heavy (non-hydrogen) atoms. The fourth-order valence-corrected chi connectivity index (χ4v) is 3.20. The number of rotatable bonds is 5. The summed E-state index contributed by atoms with van der Waals surface area (Å²) in [7, 11) is -9.73. The van der Waals surface area contributed by atoms with Gasteiger partial charge in [0.15, 0.2) is 0 Å². The minimum atomic E-state index is -4.90. The maximum Gasteiger partial charge on any atom is 0.339 e. The topological polar surface area (TPSA) is 217 Å². The summed E-state index contributed by atoms with van der Waals surface area (Å²) in [5, 5.41) is 25.4. The van der Waals surface area contributed by atoms with Gasteiger partial charge in [0, 0.05) is 0 Å². The van der Waals surface area contributed by atoms with Crippen LogP contribution in [0.2, 0.25) is 0 Å². The van der Waals surface area contributed by atoms with E-state index in [1.807, 2.05) is 0 Å². The van der Waals surface area contributed by atoms with E-state index < -0.39 is 58.7 Å². The van der Waals surface area contributed by atoms with Gasteiger partial charge in [-0.05, 0) is 30.3 Å². The van der Waals surface area contributed by atoms with Crippen molar-refractivity contribution in [1.29, 1.82) is 0 Å². The third-order valence-electron chi connectivity index (χ3n) is 3.13. The summed E-state index contributed by atoms with van der Waals surface area (Å²) in [5.74, 6) is -2.02. The minimum absolute atomic E-state index is 0.142. The number of aromatic carboxylic acids is 1. The van der Waals surface area contributed by atoms with Gasteiger partial charge in [-0.25, -0.2) is 4.79 Å². The van der Waals surface area contributed by atoms with Gasteiger partial charge in [0.25, 0.3) is 20.2 Å². The Balaban J connectivity index is 2.65. The number of carbonyl (C=O) groups is 1. The molecule has 144 valence electrons. The molecule has 0 fully saturated rings. The van der Waals surface area contributed by atoms with Crippen LogP contribution in [0.5, 0.6) is 5.75 Å². The van der Waals surface area contributed by atoms with E-state index in [2.05, 4.69) is 10.2 Å². The van der Waals surface area contributed by atoms with Crippen molar-refractivity contribution < 1.29 is 40.9 Å². The van der Waals surface area contributed by atoms with Gasteiger partial charge in [-0.2, -0.15) is 21.9 Å². The molecule has 6 N–H and O–H groups in total. The molecule has 2 rings (SSSR count). The number of benzene rings is 2. The van der Waals surface area contributed by atoms with Crippen LogP contribution in [0.15, 0.2) is 50.4 Å². The van der Waals surface area contributed by atoms with Gasteiger partial charge in [-0.15, -0.1) is 5.11 Å². The summed E-state index contributed by atoms with van der Waals surface area (Å²) >= 11 is 0. The highest BCUT2D eigenvalue weighted by molar-refractivity contribution is 7.86. The van der Waals surface area contributed by atoms with E-state index >= 15 is 0 Å². The van der Waals surface area contributed by atoms with Crippen molar-refractivity contribution in [2.75, 3.05) is 5.73 Å². The van der Waals surface area contributed by atoms with Crippen LogP contribution in [0.25, 0.3) is 0 Å². The van der Waals surface area contributed by atoms with Gasteiger partial charge in [-0.3, -0.25) is 9.11 Å². The lowest BCUT2D eigenvalue weighted by atomic mass is 10.2. The number of hydrogen-bond donors (Lipinski definition) is 5. The summed E-state index contributed by atoms with van der Waals surface area (Å²) in [6.45, 7) is 0. The molecule has 0 aromatic heterocycles. The van der Waals surface area contributed by atoms with Crippen LogP contribution in [-0.4, -0.2) is 42.1 Å². The molecule has 14 heteroatoms. The lowest BCUT2D eigenvalue weighted by Gasteiger charge is -2.07. The number of hydrogen-bond acceptors (Lipinski definition) is 9. The highest BCUT2D eigenvalue weighted by Gasteiger charge is 2.23. The highest BCUT2D eigenvalue weighted by Crippen LogP contribution is 2.33. The second kappa shape index (κ2) is 6.92. The van der Waals surface area contributed by atoms with E-state index in [1.165, 1.54) is 0 Å². The molecule has 0 saturated carbocycles. The molecule has 0 spiro atoms. The quantitative estimate of drug-likeness (QED) is 0.268. The third-order valence-corrected chi connectivity index (χ3v) is 4.92. The van der Waals surface area contributed by atoms with Crippen LogP contribution < -0.4 is 5.73 Å². The molecule has 0 bridgehead atoms. The summed E-state index contributed by atoms with van der Waals surface area (Å²) < 4.78 is 63.8. The first-order chi connectivity index (χ1) is 12.3. The predicted molar refractivity (Wildman–Crippen MR) is 89.7 cm³/mol. The average molecular weight is 417 g/mol. The number of nitrogen functional groups attached to an aromatic ring is 1. The first kappa shape index (κ1) is 20.2. The zero-order valence-corrected chi connectivity index (χ0v) is 14.6. The number of nitrogens with two attached hydrogens (primary N) is 1. The van der Waals surface area contributed by atoms with E-state index in [9.17, 15) is 31.3 Å². The van der Waals surface area contributed by atoms with Crippen molar-refractivity contribution in [2.45, 2.75) is 9.79 Å². The van der Waals surface area contributed by atoms with E-state index in [1.54, 1.807) is 0 Å². The van der Waals surface area contributed by atoms with Crippen molar-refractivity contribution >= 4 is 43.3 Å². The Morgan fingerprint density at radius 2 is 1.52 bits per heavy atom. The van der Waals surface area contributed by atoms with Crippen molar-refractivity contribution in [3.05, 3.63) is 35.9 Å². The Hall–Kier alpha value is -3.07. The van der Waals surface area contributed by atoms with Crippen LogP contribution >= 0.6 is 0 Å². The normalized spacial score (nSPS) is 12.4. The van der Waals surface area contributed by atoms with E-state index in [4.69, 9.17) is 15.4 Å². The summed E-state index contributed by atoms with van der Waals surface area (Å²) in [4.78, 5) is 9.20. The minimum Gasteiger partial charge on any atom is -0.507 e. The molecule has 12 nitrogen and oxygen atoms in total. The summed E-state index contributed by atoms with van der Waals surface area (Å²) in [6, 6.07) is 4.17. The Morgan fingerprint density at radius 1 is 0.926 bits per heavy atom. The molecule has 0 saturated heterocycles. The molecular weight excluding hydrogens is 406 g/mol. The number of anilines is 1. The number of azo groups is 1. The van der Waals surface area contributed by atoms with Gasteiger partial charge < -0.3 is 15.9 Å². The van der Waals surface area contributed by atoms with Crippen LogP contribution in [-0.2, 0) is 20.2 Å². The van der Waals surface area contributed by atoms with Crippen LogP contribution in [0.4, 0.5) is 17.1 Å². The van der Waals surface area contributed by atoms with Crippen molar-refractivity contribution in [2.24, 2.45) is 10.2 Å². The van der Waals surface area contributed by atoms with E-state index in [0.29, 0.717) is 12.1 Å². The predicted octanol–water partition coefficient (Wildman–Crippen LogP) is 1.58. The van der Waals surface area contributed by atoms with Crippen LogP contribution in [0.1, 0.15) is 10.4 Å². The number of phenols is 1. The zero-order chi connectivity index (χ0) is 20.6. The lowest BCUT2D eigenvalue weighted by Crippen LogP contribution is -2.06. The first-order valence-corrected chi connectivity index (χ1v) is 9.55. The largest absolute Gasteiger partial charge is 0.507 e. The SMILES string of the molecule is Nc1cc(S(=O)(=O)O)c(N=Nc2ccc(O)c(C(=O)O)c2)cc1S(=O)(=O)O. The van der Waals surface area contributed by atoms with Gasteiger partial charge >= 0.3 is 5.97 Å². The molecule has 0 aliphatic heterocycles. The lowest BCUT2D eigenvalue weighted by molar-refractivity contribution is 0.0693. The number of carboxylic acid groups (broad SMARTS) is 1. The maximum absolute atomic E-state index is 11.4. The second-order valence-electron chi connectivity index (χ2n) is 5.01. The van der Waals surface area contributed by atoms with Crippen molar-refractivity contribution in [3.63, 3.8) is 0 Å². The van der Waals surface area contributed by atoms with Gasteiger partial charge in [0.1, 0.15) is 26.8 Å². The number of aromatic hydroxyl groups is 1. The molecule has 0 aliphatic rings. The fourth-order valence-electron chi connectivity index (χ4n) is 1.94. The molecule has 0 atom stereocenters. The van der Waals surface area contributed by atoms with E-state index in [-0.39, 0.29) is 5.69 Å². The highest BCUT2D eigenvalue weighted by atomic mass is 32.2. The molecule has 0 aliphatic carbocycles. The molecule has 0 heterocycles. The summed E-state index contributed by atoms with van der Waals surface area (Å²) in [5.41, 5.74) is 3.36. The Morgan fingerprint density at radius 3 is 2.04 bits per heavy atom. The molecule has 2 aromatic rings. The Bertz CT molecular complexity index is 1170. The monoisotopic (exact) mass is 417 g/mol. The van der Waals surface area contributed by atoms with Crippen LogP contribution in [0, 0.1) is 0 Å².